The minimum atomic E-state index is 0.429. The van der Waals surface area contributed by atoms with Gasteiger partial charge in [0.05, 0.1) is 45.9 Å². The summed E-state index contributed by atoms with van der Waals surface area (Å²) in [6.45, 7) is 0. The second-order valence-corrected chi connectivity index (χ2v) is 13.1. The van der Waals surface area contributed by atoms with Crippen molar-refractivity contribution in [3.05, 3.63) is 180 Å². The monoisotopic (exact) mass is 701 g/mol. The molecular weight excluding hydrogens is 675 g/mol. The maximum absolute atomic E-state index is 9.92. The fourth-order valence-corrected chi connectivity index (χ4v) is 7.14. The Morgan fingerprint density at radius 1 is 0.364 bits per heavy atom. The van der Waals surface area contributed by atoms with Crippen molar-refractivity contribution < 1.29 is 0 Å². The molecular formula is C48H27N7. The molecule has 7 aromatic carbocycles. The summed E-state index contributed by atoms with van der Waals surface area (Å²) in [5.74, 6) is 1.62. The number of para-hydroxylation sites is 1. The Hall–Kier alpha value is -8.18. The van der Waals surface area contributed by atoms with Gasteiger partial charge in [0.25, 0.3) is 0 Å². The van der Waals surface area contributed by atoms with E-state index in [-0.39, 0.29) is 0 Å². The summed E-state index contributed by atoms with van der Waals surface area (Å²) in [6.07, 6.45) is 0. The molecule has 0 amide bonds. The fourth-order valence-electron chi connectivity index (χ4n) is 7.14. The molecule has 7 nitrogen and oxygen atoms in total. The molecule has 9 aromatic rings. The van der Waals surface area contributed by atoms with Crippen molar-refractivity contribution >= 4 is 21.8 Å². The number of nitrogens with zero attached hydrogens (tertiary/aromatic N) is 7. The van der Waals surface area contributed by atoms with Gasteiger partial charge < -0.3 is 4.57 Å². The average Bonchev–Trinajstić information content (AvgIpc) is 3.60. The van der Waals surface area contributed by atoms with Gasteiger partial charge in [-0.05, 0) is 82.9 Å². The average molecular weight is 702 g/mol. The molecule has 0 aliphatic heterocycles. The molecule has 0 radical (unpaired) electrons. The maximum atomic E-state index is 9.92. The van der Waals surface area contributed by atoms with Gasteiger partial charge >= 0.3 is 0 Å². The summed E-state index contributed by atoms with van der Waals surface area (Å²) < 4.78 is 2.23. The molecule has 2 aromatic heterocycles. The smallest absolute Gasteiger partial charge is 0.164 e. The van der Waals surface area contributed by atoms with E-state index in [1.54, 1.807) is 12.1 Å². The quantitative estimate of drug-likeness (QED) is 0.170. The predicted octanol–water partition coefficient (Wildman–Crippen LogP) is 10.9. The molecule has 0 bridgehead atoms. The summed E-state index contributed by atoms with van der Waals surface area (Å²) >= 11 is 0. The molecule has 0 fully saturated rings. The highest BCUT2D eigenvalue weighted by atomic mass is 15.0. The van der Waals surface area contributed by atoms with Crippen LogP contribution in [0.15, 0.2) is 164 Å². The molecule has 9 rings (SSSR count). The first-order chi connectivity index (χ1) is 27.1. The zero-order valence-corrected chi connectivity index (χ0v) is 29.2. The topological polar surface area (TPSA) is 115 Å². The molecule has 0 aliphatic carbocycles. The molecule has 0 saturated heterocycles. The predicted molar refractivity (Wildman–Crippen MR) is 215 cm³/mol. The molecule has 0 N–H and O–H groups in total. The van der Waals surface area contributed by atoms with Crippen LogP contribution in [-0.2, 0) is 0 Å². The van der Waals surface area contributed by atoms with Crippen molar-refractivity contribution in [1.29, 1.82) is 15.8 Å². The van der Waals surface area contributed by atoms with Crippen LogP contribution in [0.25, 0.3) is 83.9 Å². The van der Waals surface area contributed by atoms with Crippen molar-refractivity contribution in [1.82, 2.24) is 19.5 Å². The third-order valence-electron chi connectivity index (χ3n) is 9.70. The molecule has 0 saturated carbocycles. The van der Waals surface area contributed by atoms with Crippen molar-refractivity contribution in [3.8, 4) is 80.3 Å². The summed E-state index contributed by atoms with van der Waals surface area (Å²) in [5.41, 5.74) is 10.2. The minimum absolute atomic E-state index is 0.429. The summed E-state index contributed by atoms with van der Waals surface area (Å²) in [5, 5.41) is 31.5. The molecule has 0 unspecified atom stereocenters. The van der Waals surface area contributed by atoms with Gasteiger partial charge in [0.1, 0.15) is 0 Å². The van der Waals surface area contributed by atoms with Crippen LogP contribution >= 0.6 is 0 Å². The number of aromatic nitrogens is 4. The van der Waals surface area contributed by atoms with Crippen LogP contribution in [0, 0.1) is 34.0 Å². The Bertz CT molecular complexity index is 2980. The summed E-state index contributed by atoms with van der Waals surface area (Å²) in [4.78, 5) is 15.0. The van der Waals surface area contributed by atoms with Crippen molar-refractivity contribution in [2.75, 3.05) is 0 Å². The van der Waals surface area contributed by atoms with Gasteiger partial charge in [0, 0.05) is 33.2 Å². The van der Waals surface area contributed by atoms with Crippen molar-refractivity contribution in [3.63, 3.8) is 0 Å². The maximum Gasteiger partial charge on any atom is 0.164 e. The number of nitriles is 3. The van der Waals surface area contributed by atoms with E-state index in [2.05, 4.69) is 59.2 Å². The highest BCUT2D eigenvalue weighted by molar-refractivity contribution is 6.10. The van der Waals surface area contributed by atoms with E-state index in [1.807, 2.05) is 115 Å². The first-order valence-corrected chi connectivity index (χ1v) is 17.6. The first kappa shape index (κ1) is 32.7. The van der Waals surface area contributed by atoms with Crippen LogP contribution in [0.1, 0.15) is 16.7 Å². The van der Waals surface area contributed by atoms with E-state index >= 15 is 0 Å². The standard InChI is InChI=1S/C48H27N7/c49-28-31-10-9-15-37(23-31)43-27-39(19-21-42(43)48-53-46(34-11-3-1-4-12-34)52-47(54-48)35-13-5-2-6-14-35)55-44-17-8-7-16-40(44)41-20-18-36(26-45(41)55)38-24-32(29-50)22-33(25-38)30-51/h1-27H. The Morgan fingerprint density at radius 2 is 0.945 bits per heavy atom. The van der Waals surface area contributed by atoms with Gasteiger partial charge in [-0.3, -0.25) is 0 Å². The molecule has 55 heavy (non-hydrogen) atoms. The fraction of sp³-hybridized carbons (Fsp3) is 0. The van der Waals surface area contributed by atoms with E-state index in [4.69, 9.17) is 15.0 Å². The van der Waals surface area contributed by atoms with E-state index in [9.17, 15) is 15.8 Å². The van der Waals surface area contributed by atoms with Crippen molar-refractivity contribution in [2.45, 2.75) is 0 Å². The SMILES string of the molecule is N#Cc1cc(C#N)cc(-c2ccc3c4ccccc4n(-c4ccc(-c5nc(-c6ccccc6)nc(-c6ccccc6)n5)c(-c5cccc(C#N)c5)c4)c3c2)c1. The number of fused-ring (bicyclic) bond motifs is 3. The van der Waals surface area contributed by atoms with Crippen LogP contribution in [0.5, 0.6) is 0 Å². The number of hydrogen-bond acceptors (Lipinski definition) is 6. The third kappa shape index (κ3) is 6.03. The molecule has 2 heterocycles. The van der Waals surface area contributed by atoms with E-state index in [0.29, 0.717) is 34.2 Å². The lowest BCUT2D eigenvalue weighted by atomic mass is 9.96. The van der Waals surface area contributed by atoms with Crippen molar-refractivity contribution in [2.24, 2.45) is 0 Å². The van der Waals surface area contributed by atoms with Crippen LogP contribution in [0.2, 0.25) is 0 Å². The van der Waals surface area contributed by atoms with E-state index in [1.165, 1.54) is 0 Å². The van der Waals surface area contributed by atoms with Crippen LogP contribution in [0.4, 0.5) is 0 Å². The first-order valence-electron chi connectivity index (χ1n) is 17.6. The lowest BCUT2D eigenvalue weighted by molar-refractivity contribution is 1.07. The number of benzene rings is 7. The lowest BCUT2D eigenvalue weighted by Gasteiger charge is -2.16. The molecule has 0 spiro atoms. The number of hydrogen-bond donors (Lipinski definition) is 0. The summed E-state index contributed by atoms with van der Waals surface area (Å²) in [6, 6.07) is 60.0. The molecule has 0 aliphatic rings. The van der Waals surface area contributed by atoms with Gasteiger partial charge in [-0.1, -0.05) is 103 Å². The van der Waals surface area contributed by atoms with Gasteiger partial charge in [-0.15, -0.1) is 0 Å². The van der Waals surface area contributed by atoms with Gasteiger partial charge in [-0.25, -0.2) is 15.0 Å². The minimum Gasteiger partial charge on any atom is -0.309 e. The second-order valence-electron chi connectivity index (χ2n) is 13.1. The third-order valence-corrected chi connectivity index (χ3v) is 9.70. The van der Waals surface area contributed by atoms with Gasteiger partial charge in [-0.2, -0.15) is 15.8 Å². The number of rotatable bonds is 6. The Balaban J connectivity index is 1.30. The van der Waals surface area contributed by atoms with Crippen LogP contribution in [-0.4, -0.2) is 19.5 Å². The van der Waals surface area contributed by atoms with E-state index < -0.39 is 0 Å². The van der Waals surface area contributed by atoms with Gasteiger partial charge in [0.2, 0.25) is 0 Å². The van der Waals surface area contributed by atoms with E-state index in [0.717, 1.165) is 66.4 Å². The van der Waals surface area contributed by atoms with Crippen LogP contribution in [0.3, 0.4) is 0 Å². The highest BCUT2D eigenvalue weighted by Gasteiger charge is 2.19. The zero-order chi connectivity index (χ0) is 37.3. The second kappa shape index (κ2) is 13.7. The Kier molecular flexibility index (Phi) is 8.18. The van der Waals surface area contributed by atoms with Crippen LogP contribution < -0.4 is 0 Å². The normalized spacial score (nSPS) is 10.9. The lowest BCUT2D eigenvalue weighted by Crippen LogP contribution is -2.02. The highest BCUT2D eigenvalue weighted by Crippen LogP contribution is 2.39. The Labute approximate surface area is 316 Å². The largest absolute Gasteiger partial charge is 0.309 e. The zero-order valence-electron chi connectivity index (χ0n) is 29.2. The molecule has 0 atom stereocenters. The molecule has 254 valence electrons. The summed E-state index contributed by atoms with van der Waals surface area (Å²) in [7, 11) is 0. The molecule has 7 heteroatoms. The van der Waals surface area contributed by atoms with Gasteiger partial charge in [0.15, 0.2) is 17.5 Å². The Morgan fingerprint density at radius 3 is 1.62 bits per heavy atom.